The molecular weight excluding hydrogens is 559 g/mol. The van der Waals surface area contributed by atoms with E-state index in [4.69, 9.17) is 14.5 Å². The number of benzene rings is 4. The van der Waals surface area contributed by atoms with Crippen LogP contribution in [-0.2, 0) is 35.5 Å². The molecular formula is C36H35FN2O3S. The summed E-state index contributed by atoms with van der Waals surface area (Å²) in [5.41, 5.74) is 6.38. The smallest absolute Gasteiger partial charge is 0.341 e. The van der Waals surface area contributed by atoms with Gasteiger partial charge in [-0.25, -0.2) is 14.2 Å². The number of anilines is 1. The van der Waals surface area contributed by atoms with Crippen LogP contribution in [0.4, 0.5) is 9.52 Å². The van der Waals surface area contributed by atoms with Crippen LogP contribution in [0.5, 0.6) is 5.75 Å². The molecule has 43 heavy (non-hydrogen) atoms. The summed E-state index contributed by atoms with van der Waals surface area (Å²) >= 11 is 1.67. The van der Waals surface area contributed by atoms with Crippen molar-refractivity contribution in [2.24, 2.45) is 0 Å². The second-order valence-electron chi connectivity index (χ2n) is 10.2. The first-order chi connectivity index (χ1) is 21.1. The normalized spacial score (nSPS) is 11.6. The summed E-state index contributed by atoms with van der Waals surface area (Å²) in [6, 6.07) is 36.4. The van der Waals surface area contributed by atoms with E-state index in [1.807, 2.05) is 24.3 Å². The molecule has 0 aliphatic rings. The number of hydrogen-bond acceptors (Lipinski definition) is 6. The zero-order valence-corrected chi connectivity index (χ0v) is 25.0. The molecule has 0 saturated heterocycles. The van der Waals surface area contributed by atoms with E-state index in [0.717, 1.165) is 41.5 Å². The molecule has 1 unspecified atom stereocenters. The lowest BCUT2D eigenvalue weighted by Crippen LogP contribution is -2.25. The predicted molar refractivity (Wildman–Crippen MR) is 171 cm³/mol. The molecule has 0 radical (unpaired) electrons. The van der Waals surface area contributed by atoms with Gasteiger partial charge < -0.3 is 14.4 Å². The number of aromatic nitrogens is 1. The first-order valence-corrected chi connectivity index (χ1v) is 15.4. The second kappa shape index (κ2) is 15.1. The topological polar surface area (TPSA) is 51.7 Å². The summed E-state index contributed by atoms with van der Waals surface area (Å²) in [5.74, 6) is -0.140. The van der Waals surface area contributed by atoms with Crippen molar-refractivity contribution >= 4 is 22.4 Å². The van der Waals surface area contributed by atoms with Gasteiger partial charge in [0.2, 0.25) is 6.17 Å². The molecule has 4 aromatic carbocycles. The third kappa shape index (κ3) is 8.75. The van der Waals surface area contributed by atoms with Gasteiger partial charge in [-0.15, -0.1) is 11.3 Å². The summed E-state index contributed by atoms with van der Waals surface area (Å²) in [6.45, 7) is 3.85. The maximum absolute atomic E-state index is 14.0. The molecule has 0 amide bonds. The number of carbonyl (C=O) groups is 1. The minimum atomic E-state index is -1.67. The summed E-state index contributed by atoms with van der Waals surface area (Å²) in [5, 5.41) is 3.13. The number of carbonyl (C=O) groups excluding carboxylic acids is 1. The molecule has 5 nitrogen and oxygen atoms in total. The van der Waals surface area contributed by atoms with E-state index in [2.05, 4.69) is 70.9 Å². The van der Waals surface area contributed by atoms with Crippen LogP contribution in [0.3, 0.4) is 0 Å². The fraction of sp³-hybridized carbons (Fsp3) is 0.222. The van der Waals surface area contributed by atoms with Gasteiger partial charge >= 0.3 is 5.97 Å². The first kappa shape index (κ1) is 30.0. The number of ether oxygens (including phenoxy) is 2. The maximum Gasteiger partial charge on any atom is 0.341 e. The van der Waals surface area contributed by atoms with Crippen molar-refractivity contribution < 1.29 is 18.7 Å². The number of rotatable bonds is 14. The number of esters is 1. The first-order valence-electron chi connectivity index (χ1n) is 14.5. The van der Waals surface area contributed by atoms with Crippen LogP contribution in [0.1, 0.15) is 29.2 Å². The molecule has 1 atom stereocenters. The van der Waals surface area contributed by atoms with Gasteiger partial charge in [0.15, 0.2) is 5.13 Å². The maximum atomic E-state index is 14.0. The second-order valence-corrected chi connectivity index (χ2v) is 11.0. The zero-order chi connectivity index (χ0) is 29.9. The van der Waals surface area contributed by atoms with Crippen molar-refractivity contribution in [3.8, 4) is 17.0 Å². The molecule has 1 heterocycles. The number of alkyl halides is 1. The highest BCUT2D eigenvalue weighted by Gasteiger charge is 2.19. The van der Waals surface area contributed by atoms with Crippen LogP contribution < -0.4 is 9.64 Å². The number of nitrogens with zero attached hydrogens (tertiary/aromatic N) is 2. The average Bonchev–Trinajstić information content (AvgIpc) is 3.55. The SMILES string of the molecule is CCOC(=O)C(F)Cc1ccc(OCc2ccc(CN(CCc3ccccc3)c3nc(-c4ccccc4)cs3)cc2)cc1. The van der Waals surface area contributed by atoms with E-state index in [0.29, 0.717) is 17.9 Å². The Bertz CT molecular complexity index is 1560. The lowest BCUT2D eigenvalue weighted by Gasteiger charge is -2.22. The van der Waals surface area contributed by atoms with Crippen molar-refractivity contribution in [3.63, 3.8) is 0 Å². The molecule has 5 rings (SSSR count). The van der Waals surface area contributed by atoms with Crippen molar-refractivity contribution in [3.05, 3.63) is 137 Å². The van der Waals surface area contributed by atoms with Crippen molar-refractivity contribution in [1.82, 2.24) is 4.98 Å². The summed E-state index contributed by atoms with van der Waals surface area (Å²) in [6.07, 6.45) is -0.751. The van der Waals surface area contributed by atoms with Crippen molar-refractivity contribution in [2.75, 3.05) is 18.1 Å². The Labute approximate surface area is 256 Å². The number of hydrogen-bond donors (Lipinski definition) is 0. The lowest BCUT2D eigenvalue weighted by molar-refractivity contribution is -0.149. The Morgan fingerprint density at radius 2 is 1.49 bits per heavy atom. The molecule has 0 N–H and O–H groups in total. The molecule has 0 spiro atoms. The van der Waals surface area contributed by atoms with Crippen LogP contribution in [0.15, 0.2) is 115 Å². The van der Waals surface area contributed by atoms with Gasteiger partial charge in [-0.3, -0.25) is 0 Å². The van der Waals surface area contributed by atoms with Gasteiger partial charge in [0.1, 0.15) is 12.4 Å². The Morgan fingerprint density at radius 1 is 0.837 bits per heavy atom. The number of thiazole rings is 1. The fourth-order valence-electron chi connectivity index (χ4n) is 4.67. The highest BCUT2D eigenvalue weighted by atomic mass is 32.1. The Hall–Kier alpha value is -4.49. The van der Waals surface area contributed by atoms with Crippen molar-refractivity contribution in [2.45, 2.75) is 39.1 Å². The van der Waals surface area contributed by atoms with E-state index in [-0.39, 0.29) is 13.0 Å². The molecule has 0 saturated carbocycles. The minimum Gasteiger partial charge on any atom is -0.489 e. The van der Waals surface area contributed by atoms with Gasteiger partial charge in [0.25, 0.3) is 0 Å². The monoisotopic (exact) mass is 594 g/mol. The highest BCUT2D eigenvalue weighted by molar-refractivity contribution is 7.14. The van der Waals surface area contributed by atoms with Gasteiger partial charge in [-0.2, -0.15) is 0 Å². The fourth-order valence-corrected chi connectivity index (χ4v) is 5.54. The van der Waals surface area contributed by atoms with Crippen LogP contribution in [0.25, 0.3) is 11.3 Å². The van der Waals surface area contributed by atoms with Gasteiger partial charge in [-0.1, -0.05) is 97.1 Å². The quantitative estimate of drug-likeness (QED) is 0.122. The molecule has 0 bridgehead atoms. The largest absolute Gasteiger partial charge is 0.489 e. The van der Waals surface area contributed by atoms with Crippen LogP contribution in [0, 0.1) is 0 Å². The lowest BCUT2D eigenvalue weighted by atomic mass is 10.1. The molecule has 1 aromatic heterocycles. The van der Waals surface area contributed by atoms with Crippen LogP contribution in [-0.4, -0.2) is 30.3 Å². The third-order valence-electron chi connectivity index (χ3n) is 7.03. The highest BCUT2D eigenvalue weighted by Crippen LogP contribution is 2.29. The predicted octanol–water partition coefficient (Wildman–Crippen LogP) is 8.08. The van der Waals surface area contributed by atoms with E-state index in [9.17, 15) is 9.18 Å². The van der Waals surface area contributed by atoms with Crippen molar-refractivity contribution in [1.29, 1.82) is 0 Å². The Balaban J connectivity index is 1.20. The average molecular weight is 595 g/mol. The van der Waals surface area contributed by atoms with E-state index in [1.54, 1.807) is 42.5 Å². The van der Waals surface area contributed by atoms with E-state index < -0.39 is 12.1 Å². The standard InChI is InChI=1S/C36H35FN2O3S/c1-2-41-35(40)33(37)23-28-17-19-32(20-18-28)42-25-30-15-13-29(14-16-30)24-39(22-21-27-9-5-3-6-10-27)36-38-34(26-43-36)31-11-7-4-8-12-31/h3-20,26,33H,2,21-25H2,1H3. The van der Waals surface area contributed by atoms with E-state index >= 15 is 0 Å². The third-order valence-corrected chi connectivity index (χ3v) is 7.93. The molecule has 0 aliphatic carbocycles. The Morgan fingerprint density at radius 3 is 2.19 bits per heavy atom. The van der Waals surface area contributed by atoms with Crippen LogP contribution >= 0.6 is 11.3 Å². The summed E-state index contributed by atoms with van der Waals surface area (Å²) in [7, 11) is 0. The summed E-state index contributed by atoms with van der Waals surface area (Å²) in [4.78, 5) is 18.9. The van der Waals surface area contributed by atoms with E-state index in [1.165, 1.54) is 11.1 Å². The minimum absolute atomic E-state index is 0.0164. The van der Waals surface area contributed by atoms with Gasteiger partial charge in [-0.05, 0) is 47.7 Å². The zero-order valence-electron chi connectivity index (χ0n) is 24.2. The molecule has 0 fully saturated rings. The van der Waals surface area contributed by atoms with Gasteiger partial charge in [0.05, 0.1) is 12.3 Å². The Kier molecular flexibility index (Phi) is 10.5. The molecule has 7 heteroatoms. The molecule has 220 valence electrons. The van der Waals surface area contributed by atoms with Gasteiger partial charge in [0, 0.05) is 30.5 Å². The summed E-state index contributed by atoms with van der Waals surface area (Å²) < 4.78 is 24.7. The number of halogens is 1. The van der Waals surface area contributed by atoms with Crippen LogP contribution in [0.2, 0.25) is 0 Å². The molecule has 5 aromatic rings. The molecule has 0 aliphatic heterocycles.